The van der Waals surface area contributed by atoms with Crippen LogP contribution in [0.2, 0.25) is 5.02 Å². The van der Waals surface area contributed by atoms with Gasteiger partial charge in [-0.15, -0.1) is 0 Å². The molecular weight excluding hydrogens is 408 g/mol. The van der Waals surface area contributed by atoms with Crippen molar-refractivity contribution in [3.05, 3.63) is 58.1 Å². The van der Waals surface area contributed by atoms with Gasteiger partial charge in [0, 0.05) is 0 Å². The van der Waals surface area contributed by atoms with Crippen molar-refractivity contribution in [2.75, 3.05) is 18.1 Å². The maximum absolute atomic E-state index is 12.9. The molecule has 0 fully saturated rings. The molecular formula is C20H16ClF2NO5. The normalized spacial score (nSPS) is 13.1. The predicted octanol–water partition coefficient (Wildman–Crippen LogP) is 3.89. The van der Waals surface area contributed by atoms with E-state index in [1.165, 1.54) is 24.3 Å². The van der Waals surface area contributed by atoms with Crippen LogP contribution in [0, 0.1) is 0 Å². The number of esters is 1. The van der Waals surface area contributed by atoms with Crippen LogP contribution >= 0.6 is 11.6 Å². The van der Waals surface area contributed by atoms with Crippen molar-refractivity contribution in [2.45, 2.75) is 19.8 Å². The first-order valence-corrected chi connectivity index (χ1v) is 9.08. The molecule has 3 rings (SSSR count). The van der Waals surface area contributed by atoms with Gasteiger partial charge >= 0.3 is 5.97 Å². The van der Waals surface area contributed by atoms with E-state index in [1.807, 2.05) is 0 Å². The number of amides is 2. The summed E-state index contributed by atoms with van der Waals surface area (Å²) >= 11 is 6.07. The van der Waals surface area contributed by atoms with Crippen LogP contribution < -0.4 is 9.64 Å². The topological polar surface area (TPSA) is 72.9 Å². The van der Waals surface area contributed by atoms with Gasteiger partial charge in [-0.2, -0.15) is 0 Å². The molecule has 0 saturated heterocycles. The Balaban J connectivity index is 1.89. The number of ether oxygens (including phenoxy) is 2. The highest BCUT2D eigenvalue weighted by Gasteiger charge is 2.41. The SMILES string of the molecule is CCOC(=O)Cc1ccc(N2C(=O)c3c(Cl)ccc(OCC(F)F)c3C2=O)cc1. The molecule has 0 bridgehead atoms. The molecule has 0 atom stereocenters. The molecule has 2 amide bonds. The number of nitrogens with zero attached hydrogens (tertiary/aromatic N) is 1. The van der Waals surface area contributed by atoms with E-state index >= 15 is 0 Å². The highest BCUT2D eigenvalue weighted by Crippen LogP contribution is 2.38. The lowest BCUT2D eigenvalue weighted by Crippen LogP contribution is -2.29. The Hall–Kier alpha value is -3.00. The second-order valence-electron chi connectivity index (χ2n) is 6.09. The number of carbonyl (C=O) groups excluding carboxylic acids is 3. The number of hydrogen-bond donors (Lipinski definition) is 0. The Morgan fingerprint density at radius 2 is 1.72 bits per heavy atom. The van der Waals surface area contributed by atoms with Crippen LogP contribution in [0.1, 0.15) is 33.2 Å². The Morgan fingerprint density at radius 1 is 1.07 bits per heavy atom. The number of anilines is 1. The smallest absolute Gasteiger partial charge is 0.310 e. The van der Waals surface area contributed by atoms with Gasteiger partial charge in [-0.1, -0.05) is 23.7 Å². The molecule has 0 radical (unpaired) electrons. The summed E-state index contributed by atoms with van der Waals surface area (Å²) in [5.41, 5.74) is 0.639. The Morgan fingerprint density at radius 3 is 2.34 bits per heavy atom. The van der Waals surface area contributed by atoms with Crippen LogP contribution in [0.3, 0.4) is 0 Å². The van der Waals surface area contributed by atoms with E-state index in [9.17, 15) is 23.2 Å². The van der Waals surface area contributed by atoms with Crippen LogP contribution in [-0.4, -0.2) is 37.4 Å². The molecule has 1 heterocycles. The van der Waals surface area contributed by atoms with Crippen molar-refractivity contribution >= 4 is 35.1 Å². The molecule has 1 aliphatic rings. The number of halogens is 3. The van der Waals surface area contributed by atoms with Gasteiger partial charge < -0.3 is 9.47 Å². The highest BCUT2D eigenvalue weighted by molar-refractivity contribution is 6.42. The number of hydrogen-bond acceptors (Lipinski definition) is 5. The first-order chi connectivity index (χ1) is 13.8. The maximum atomic E-state index is 12.9. The van der Waals surface area contributed by atoms with Crippen LogP contribution in [0.15, 0.2) is 36.4 Å². The van der Waals surface area contributed by atoms with Gasteiger partial charge in [-0.3, -0.25) is 14.4 Å². The summed E-state index contributed by atoms with van der Waals surface area (Å²) in [7, 11) is 0. The zero-order valence-electron chi connectivity index (χ0n) is 15.3. The molecule has 2 aromatic rings. The first-order valence-electron chi connectivity index (χ1n) is 8.70. The largest absolute Gasteiger partial charge is 0.487 e. The molecule has 9 heteroatoms. The van der Waals surface area contributed by atoms with E-state index in [0.29, 0.717) is 5.56 Å². The van der Waals surface area contributed by atoms with Gasteiger partial charge in [0.2, 0.25) is 0 Å². The standard InChI is InChI=1S/C20H16ClF2NO5/c1-2-28-16(25)9-11-3-5-12(6-4-11)24-19(26)17-13(21)7-8-14(18(17)20(24)27)29-10-15(22)23/h3-8,15H,2,9-10H2,1H3. The van der Waals surface area contributed by atoms with Crippen molar-refractivity contribution in [3.8, 4) is 5.75 Å². The number of carbonyl (C=O) groups is 3. The molecule has 1 aliphatic heterocycles. The van der Waals surface area contributed by atoms with Gasteiger partial charge in [0.1, 0.15) is 12.4 Å². The highest BCUT2D eigenvalue weighted by atomic mass is 35.5. The molecule has 0 aromatic heterocycles. The second-order valence-corrected chi connectivity index (χ2v) is 6.50. The molecule has 6 nitrogen and oxygen atoms in total. The lowest BCUT2D eigenvalue weighted by atomic mass is 10.1. The Labute approximate surface area is 170 Å². The minimum Gasteiger partial charge on any atom is -0.487 e. The molecule has 152 valence electrons. The zero-order chi connectivity index (χ0) is 21.1. The summed E-state index contributed by atoms with van der Waals surface area (Å²) in [5.74, 6) is -1.94. The number of alkyl halides is 2. The fraction of sp³-hybridized carbons (Fsp3) is 0.250. The zero-order valence-corrected chi connectivity index (χ0v) is 16.0. The molecule has 2 aromatic carbocycles. The quantitative estimate of drug-likeness (QED) is 0.499. The van der Waals surface area contributed by atoms with Crippen LogP contribution in [0.4, 0.5) is 14.5 Å². The average molecular weight is 424 g/mol. The Bertz CT molecular complexity index is 962. The van der Waals surface area contributed by atoms with Gasteiger partial charge in [-0.25, -0.2) is 13.7 Å². The van der Waals surface area contributed by atoms with Crippen molar-refractivity contribution in [1.82, 2.24) is 0 Å². The van der Waals surface area contributed by atoms with Crippen molar-refractivity contribution < 1.29 is 32.6 Å². The summed E-state index contributed by atoms with van der Waals surface area (Å²) in [6.07, 6.45) is -2.69. The molecule has 0 saturated carbocycles. The lowest BCUT2D eigenvalue weighted by Gasteiger charge is -2.14. The summed E-state index contributed by atoms with van der Waals surface area (Å²) in [6, 6.07) is 8.78. The molecule has 0 spiro atoms. The van der Waals surface area contributed by atoms with Crippen LogP contribution in [0.25, 0.3) is 0 Å². The fourth-order valence-electron chi connectivity index (χ4n) is 2.94. The number of fused-ring (bicyclic) bond motifs is 1. The first kappa shape index (κ1) is 20.7. The van der Waals surface area contributed by atoms with Crippen molar-refractivity contribution in [1.29, 1.82) is 0 Å². The summed E-state index contributed by atoms with van der Waals surface area (Å²) in [6.45, 7) is 1.05. The van der Waals surface area contributed by atoms with Gasteiger partial charge in [0.25, 0.3) is 18.2 Å². The number of imide groups is 1. The lowest BCUT2D eigenvalue weighted by molar-refractivity contribution is -0.142. The third-order valence-electron chi connectivity index (χ3n) is 4.16. The number of benzene rings is 2. The third kappa shape index (κ3) is 4.22. The minimum absolute atomic E-state index is 0.0178. The third-order valence-corrected chi connectivity index (χ3v) is 4.48. The predicted molar refractivity (Wildman–Crippen MR) is 101 cm³/mol. The van der Waals surface area contributed by atoms with Crippen molar-refractivity contribution in [2.24, 2.45) is 0 Å². The van der Waals surface area contributed by atoms with Gasteiger partial charge in [0.15, 0.2) is 0 Å². The van der Waals surface area contributed by atoms with E-state index in [2.05, 4.69) is 0 Å². The van der Waals surface area contributed by atoms with Crippen molar-refractivity contribution in [3.63, 3.8) is 0 Å². The van der Waals surface area contributed by atoms with E-state index in [-0.39, 0.29) is 40.6 Å². The fourth-order valence-corrected chi connectivity index (χ4v) is 3.18. The minimum atomic E-state index is -2.74. The van der Waals surface area contributed by atoms with E-state index < -0.39 is 30.8 Å². The molecule has 0 unspecified atom stereocenters. The Kier molecular flexibility index (Phi) is 6.12. The molecule has 0 N–H and O–H groups in total. The van der Waals surface area contributed by atoms with Gasteiger partial charge in [-0.05, 0) is 36.8 Å². The monoisotopic (exact) mass is 423 g/mol. The van der Waals surface area contributed by atoms with E-state index in [1.54, 1.807) is 19.1 Å². The maximum Gasteiger partial charge on any atom is 0.310 e. The van der Waals surface area contributed by atoms with Gasteiger partial charge in [0.05, 0.1) is 34.9 Å². The summed E-state index contributed by atoms with van der Waals surface area (Å²) in [4.78, 5) is 38.1. The van der Waals surface area contributed by atoms with Crippen LogP contribution in [-0.2, 0) is 16.0 Å². The van der Waals surface area contributed by atoms with E-state index in [4.69, 9.17) is 21.1 Å². The summed E-state index contributed by atoms with van der Waals surface area (Å²) in [5, 5.41) is 0.0178. The van der Waals surface area contributed by atoms with E-state index in [0.717, 1.165) is 4.90 Å². The summed E-state index contributed by atoms with van der Waals surface area (Å²) < 4.78 is 34.9. The second kappa shape index (κ2) is 8.57. The van der Waals surface area contributed by atoms with Crippen LogP contribution in [0.5, 0.6) is 5.75 Å². The molecule has 0 aliphatic carbocycles. The molecule has 29 heavy (non-hydrogen) atoms. The number of rotatable bonds is 7. The average Bonchev–Trinajstić information content (AvgIpc) is 2.94.